The van der Waals surface area contributed by atoms with Gasteiger partial charge in [-0.25, -0.2) is 0 Å². The Bertz CT molecular complexity index is 250. The Kier molecular flexibility index (Phi) is 4.57. The summed E-state index contributed by atoms with van der Waals surface area (Å²) in [7, 11) is 0. The number of rotatable bonds is 5. The summed E-state index contributed by atoms with van der Waals surface area (Å²) in [4.78, 5) is 0. The third kappa shape index (κ3) is 3.17. The van der Waals surface area contributed by atoms with Gasteiger partial charge in [-0.2, -0.15) is 0 Å². The lowest BCUT2D eigenvalue weighted by Crippen LogP contribution is -2.25. The highest BCUT2D eigenvalue weighted by atomic mass is 16.7. The van der Waals surface area contributed by atoms with Crippen molar-refractivity contribution in [3.63, 3.8) is 0 Å². The molecule has 0 aromatic rings. The molecular weight excluding hydrogens is 204 g/mol. The Balaban J connectivity index is 1.70. The van der Waals surface area contributed by atoms with Crippen molar-refractivity contribution < 1.29 is 14.2 Å². The molecule has 16 heavy (non-hydrogen) atoms. The van der Waals surface area contributed by atoms with Crippen LogP contribution in [0.15, 0.2) is 24.8 Å². The van der Waals surface area contributed by atoms with Crippen LogP contribution in [0.2, 0.25) is 0 Å². The van der Waals surface area contributed by atoms with Crippen molar-refractivity contribution in [3.05, 3.63) is 24.8 Å². The van der Waals surface area contributed by atoms with Crippen LogP contribution in [0, 0.1) is 5.92 Å². The van der Waals surface area contributed by atoms with Gasteiger partial charge >= 0.3 is 0 Å². The molecule has 1 aliphatic carbocycles. The fourth-order valence-electron chi connectivity index (χ4n) is 2.15. The molecule has 0 aromatic heterocycles. The number of ether oxygens (including phenoxy) is 3. The molecule has 2 rings (SSSR count). The maximum Gasteiger partial charge on any atom is 0.161 e. The SMILES string of the molecule is C=CCOC[C@@H]1CO[C@@H]([C@H]2CC=CCC2)O1. The number of hydrogen-bond donors (Lipinski definition) is 0. The van der Waals surface area contributed by atoms with E-state index in [-0.39, 0.29) is 12.4 Å². The minimum atomic E-state index is -0.0257. The molecule has 0 amide bonds. The maximum atomic E-state index is 5.83. The van der Waals surface area contributed by atoms with Gasteiger partial charge in [-0.05, 0) is 19.3 Å². The summed E-state index contributed by atoms with van der Waals surface area (Å²) >= 11 is 0. The number of hydrogen-bond acceptors (Lipinski definition) is 3. The summed E-state index contributed by atoms with van der Waals surface area (Å²) in [6.45, 7) is 5.45. The first kappa shape index (κ1) is 11.8. The van der Waals surface area contributed by atoms with E-state index in [1.165, 1.54) is 6.42 Å². The molecule has 1 aliphatic heterocycles. The molecule has 0 N–H and O–H groups in total. The van der Waals surface area contributed by atoms with Crippen molar-refractivity contribution in [1.29, 1.82) is 0 Å². The molecule has 0 spiro atoms. The van der Waals surface area contributed by atoms with E-state index in [2.05, 4.69) is 18.7 Å². The molecule has 1 heterocycles. The second-order valence-corrected chi connectivity index (χ2v) is 4.33. The molecule has 0 bridgehead atoms. The standard InChI is InChI=1S/C13H20O3/c1-2-8-14-9-12-10-15-13(16-12)11-6-4-3-5-7-11/h2-4,11-13H,1,5-10H2/t11-,12+,13+/m0/s1. The van der Waals surface area contributed by atoms with Crippen LogP contribution in [0.3, 0.4) is 0 Å². The fourth-order valence-corrected chi connectivity index (χ4v) is 2.15. The van der Waals surface area contributed by atoms with Crippen LogP contribution >= 0.6 is 0 Å². The van der Waals surface area contributed by atoms with E-state index in [1.807, 2.05) is 0 Å². The van der Waals surface area contributed by atoms with Gasteiger partial charge < -0.3 is 14.2 Å². The first-order valence-corrected chi connectivity index (χ1v) is 6.01. The fraction of sp³-hybridized carbons (Fsp3) is 0.692. The molecule has 0 radical (unpaired) electrons. The van der Waals surface area contributed by atoms with Crippen LogP contribution in [-0.4, -0.2) is 32.2 Å². The van der Waals surface area contributed by atoms with Crippen LogP contribution in [0.4, 0.5) is 0 Å². The van der Waals surface area contributed by atoms with Crippen molar-refractivity contribution in [1.82, 2.24) is 0 Å². The maximum absolute atomic E-state index is 5.83. The van der Waals surface area contributed by atoms with Crippen molar-refractivity contribution >= 4 is 0 Å². The van der Waals surface area contributed by atoms with Gasteiger partial charge in [0, 0.05) is 5.92 Å². The molecule has 1 saturated heterocycles. The highest BCUT2D eigenvalue weighted by molar-refractivity contribution is 4.91. The van der Waals surface area contributed by atoms with Gasteiger partial charge in [0.15, 0.2) is 6.29 Å². The molecule has 3 atom stereocenters. The van der Waals surface area contributed by atoms with Crippen molar-refractivity contribution in [3.8, 4) is 0 Å². The Hall–Kier alpha value is -0.640. The molecule has 1 fully saturated rings. The largest absolute Gasteiger partial charge is 0.375 e. The van der Waals surface area contributed by atoms with Crippen molar-refractivity contribution in [2.45, 2.75) is 31.7 Å². The summed E-state index contributed by atoms with van der Waals surface area (Å²) in [5.74, 6) is 0.523. The Morgan fingerprint density at radius 2 is 2.38 bits per heavy atom. The van der Waals surface area contributed by atoms with Crippen LogP contribution < -0.4 is 0 Å². The third-order valence-corrected chi connectivity index (χ3v) is 3.01. The van der Waals surface area contributed by atoms with E-state index in [9.17, 15) is 0 Å². The average molecular weight is 224 g/mol. The second kappa shape index (κ2) is 6.18. The minimum Gasteiger partial charge on any atom is -0.375 e. The smallest absolute Gasteiger partial charge is 0.161 e. The van der Waals surface area contributed by atoms with E-state index in [0.717, 1.165) is 12.8 Å². The summed E-state index contributed by atoms with van der Waals surface area (Å²) in [6.07, 6.45) is 9.66. The van der Waals surface area contributed by atoms with Crippen molar-refractivity contribution in [2.75, 3.05) is 19.8 Å². The van der Waals surface area contributed by atoms with Gasteiger partial charge in [0.25, 0.3) is 0 Å². The third-order valence-electron chi connectivity index (χ3n) is 3.01. The summed E-state index contributed by atoms with van der Waals surface area (Å²) in [6, 6.07) is 0. The van der Waals surface area contributed by atoms with Crippen LogP contribution in [0.1, 0.15) is 19.3 Å². The van der Waals surface area contributed by atoms with Gasteiger partial charge in [0.1, 0.15) is 6.10 Å². The lowest BCUT2D eigenvalue weighted by molar-refractivity contribution is -0.106. The van der Waals surface area contributed by atoms with E-state index in [0.29, 0.717) is 25.7 Å². The zero-order valence-electron chi connectivity index (χ0n) is 9.64. The highest BCUT2D eigenvalue weighted by Crippen LogP contribution is 2.28. The Morgan fingerprint density at radius 1 is 1.44 bits per heavy atom. The minimum absolute atomic E-state index is 0.0257. The van der Waals surface area contributed by atoms with E-state index >= 15 is 0 Å². The molecule has 0 aromatic carbocycles. The lowest BCUT2D eigenvalue weighted by Gasteiger charge is -2.23. The first-order chi connectivity index (χ1) is 7.90. The van der Waals surface area contributed by atoms with Gasteiger partial charge in [0.2, 0.25) is 0 Å². The molecule has 0 saturated carbocycles. The van der Waals surface area contributed by atoms with E-state index in [1.54, 1.807) is 6.08 Å². The normalized spacial score (nSPS) is 34.1. The van der Waals surface area contributed by atoms with Crippen molar-refractivity contribution in [2.24, 2.45) is 5.92 Å². The zero-order chi connectivity index (χ0) is 11.2. The quantitative estimate of drug-likeness (QED) is 0.529. The molecule has 0 unspecified atom stereocenters. The monoisotopic (exact) mass is 224 g/mol. The van der Waals surface area contributed by atoms with Crippen LogP contribution in [0.5, 0.6) is 0 Å². The summed E-state index contributed by atoms with van der Waals surface area (Å²) in [5.41, 5.74) is 0. The van der Waals surface area contributed by atoms with Gasteiger partial charge in [-0.15, -0.1) is 6.58 Å². The van der Waals surface area contributed by atoms with Gasteiger partial charge in [0.05, 0.1) is 19.8 Å². The predicted molar refractivity (Wildman–Crippen MR) is 62.1 cm³/mol. The van der Waals surface area contributed by atoms with Crippen LogP contribution in [0.25, 0.3) is 0 Å². The molecule has 90 valence electrons. The highest BCUT2D eigenvalue weighted by Gasteiger charge is 2.32. The summed E-state index contributed by atoms with van der Waals surface area (Å²) in [5, 5.41) is 0. The molecule has 3 heteroatoms. The molecular formula is C13H20O3. The topological polar surface area (TPSA) is 27.7 Å². The lowest BCUT2D eigenvalue weighted by atomic mass is 9.94. The zero-order valence-corrected chi connectivity index (χ0v) is 9.64. The Labute approximate surface area is 97.1 Å². The van der Waals surface area contributed by atoms with Gasteiger partial charge in [-0.1, -0.05) is 18.2 Å². The Morgan fingerprint density at radius 3 is 3.12 bits per heavy atom. The summed E-state index contributed by atoms with van der Waals surface area (Å²) < 4.78 is 16.9. The second-order valence-electron chi connectivity index (χ2n) is 4.33. The first-order valence-electron chi connectivity index (χ1n) is 6.01. The molecule has 3 nitrogen and oxygen atoms in total. The van der Waals surface area contributed by atoms with Crippen LogP contribution in [-0.2, 0) is 14.2 Å². The predicted octanol–water partition coefficient (Wildman–Crippen LogP) is 2.29. The molecule has 2 aliphatic rings. The van der Waals surface area contributed by atoms with E-state index < -0.39 is 0 Å². The van der Waals surface area contributed by atoms with E-state index in [4.69, 9.17) is 14.2 Å². The number of allylic oxidation sites excluding steroid dienone is 2. The van der Waals surface area contributed by atoms with Gasteiger partial charge in [-0.3, -0.25) is 0 Å². The average Bonchev–Trinajstić information content (AvgIpc) is 2.79.